The summed E-state index contributed by atoms with van der Waals surface area (Å²) in [6.45, 7) is 71.8. The number of epoxide rings is 1. The number of hydrogen-bond donors (Lipinski definition) is 7. The third-order valence-corrected chi connectivity index (χ3v) is 24.2. The lowest BCUT2D eigenvalue weighted by atomic mass is 9.75. The molecular formula is C120H200N8O16. The van der Waals surface area contributed by atoms with E-state index in [1.165, 1.54) is 40.4 Å². The number of carbonyl (C=O) groups is 6. The number of amides is 2. The van der Waals surface area contributed by atoms with Crippen LogP contribution in [0.3, 0.4) is 0 Å². The van der Waals surface area contributed by atoms with Crippen LogP contribution in [0.1, 0.15) is 351 Å². The first-order chi connectivity index (χ1) is 63.5. The molecule has 816 valence electrons. The maximum Gasteiger partial charge on any atom is 0.373 e. The SMILES string of the molecule is C.C.C.C.C.C.CC(C(=O)O)C(C)(C)C.CC(C)(C)C(Cc1ccccn1)OC=O.CC(C)CC(C(=O)N[C@@H](Cc1ccccc1)C(=O)O)C(C)(C)C.CC(C)CC(NC(=O)C(Cc1ccccc1)C(C)(C)C)C(=O)C1(C)CO1.CC(Cc1ccccc1)C(C)(C)C.CC(N)=Nc1ccc(CC(C)(C)C)cc1.CCC(Cc1ccccn1)C(C)(C)C.Cc1cn(C2CC(O)C(CC(C)(C)C)O2)c(=O)[nH]c1=O.O=C=O. The molecule has 0 spiro atoms. The quantitative estimate of drug-likeness (QED) is 0.00991. The Labute approximate surface area is 872 Å². The van der Waals surface area contributed by atoms with Crippen LogP contribution in [0.2, 0.25) is 0 Å². The van der Waals surface area contributed by atoms with Crippen LogP contribution in [-0.2, 0) is 91.1 Å². The number of nitrogens with two attached hydrogens (primary N) is 1. The number of benzene rings is 4. The first-order valence-electron chi connectivity index (χ1n) is 48.8. The summed E-state index contributed by atoms with van der Waals surface area (Å²) in [6, 6.07) is 48.9. The van der Waals surface area contributed by atoms with Gasteiger partial charge in [-0.15, -0.1) is 0 Å². The van der Waals surface area contributed by atoms with Crippen molar-refractivity contribution in [2.75, 3.05) is 6.61 Å². The highest BCUT2D eigenvalue weighted by atomic mass is 16.6. The lowest BCUT2D eigenvalue weighted by molar-refractivity contribution is -0.192. The molecule has 2 aliphatic rings. The van der Waals surface area contributed by atoms with Crippen molar-refractivity contribution in [3.63, 3.8) is 0 Å². The number of aryl methyl sites for hydroxylation is 1. The summed E-state index contributed by atoms with van der Waals surface area (Å²) >= 11 is 0. The Morgan fingerprint density at radius 1 is 0.556 bits per heavy atom. The normalized spacial score (nSPS) is 16.4. The van der Waals surface area contributed by atoms with E-state index >= 15 is 0 Å². The molecule has 7 aromatic rings. The van der Waals surface area contributed by atoms with Crippen molar-refractivity contribution in [2.45, 2.75) is 393 Å². The molecule has 0 saturated carbocycles. The molecule has 24 heteroatoms. The maximum absolute atomic E-state index is 13.1. The number of aliphatic hydroxyl groups is 1. The summed E-state index contributed by atoms with van der Waals surface area (Å²) in [4.78, 5) is 125. The van der Waals surface area contributed by atoms with Gasteiger partial charge < -0.3 is 45.9 Å². The number of ketones is 1. The Balaban J connectivity index is -0.000000380. The van der Waals surface area contributed by atoms with Crippen LogP contribution in [0.5, 0.6) is 0 Å². The van der Waals surface area contributed by atoms with Crippen LogP contribution < -0.4 is 27.6 Å². The zero-order valence-electron chi connectivity index (χ0n) is 90.2. The Kier molecular flexibility index (Phi) is 67.5. The van der Waals surface area contributed by atoms with E-state index in [2.05, 4.69) is 231 Å². The molecule has 2 saturated heterocycles. The molecule has 12 atom stereocenters. The van der Waals surface area contributed by atoms with Gasteiger partial charge in [-0.2, -0.15) is 9.59 Å². The molecule has 5 heterocycles. The first-order valence-corrected chi connectivity index (χ1v) is 48.8. The molecule has 4 aromatic carbocycles. The fraction of sp³-hybridized carbons (Fsp3) is 0.617. The zero-order valence-corrected chi connectivity index (χ0v) is 90.2. The summed E-state index contributed by atoms with van der Waals surface area (Å²) < 4.78 is 17.6. The monoisotopic (exact) mass is 2010 g/mol. The number of carboxylic acids is 2. The minimum absolute atomic E-state index is 0. The van der Waals surface area contributed by atoms with Gasteiger partial charge in [0, 0.05) is 66.6 Å². The second-order valence-corrected chi connectivity index (χ2v) is 46.7. The van der Waals surface area contributed by atoms with Crippen LogP contribution >= 0.6 is 0 Å². The van der Waals surface area contributed by atoms with Gasteiger partial charge >= 0.3 is 23.8 Å². The van der Waals surface area contributed by atoms with E-state index in [0.29, 0.717) is 91.1 Å². The molecule has 2 aliphatic heterocycles. The molecular weight excluding hydrogens is 1810 g/mol. The zero-order chi connectivity index (χ0) is 106. The minimum Gasteiger partial charge on any atom is -0.481 e. The van der Waals surface area contributed by atoms with E-state index in [4.69, 9.17) is 34.6 Å². The summed E-state index contributed by atoms with van der Waals surface area (Å²) in [5, 5.41) is 33.8. The molecule has 8 N–H and O–H groups in total. The van der Waals surface area contributed by atoms with E-state index in [-0.39, 0.29) is 125 Å². The highest BCUT2D eigenvalue weighted by molar-refractivity contribution is 5.97. The average molecular weight is 2010 g/mol. The Bertz CT molecular complexity index is 4870. The summed E-state index contributed by atoms with van der Waals surface area (Å²) in [7, 11) is 0. The summed E-state index contributed by atoms with van der Waals surface area (Å²) in [5.74, 6) is 0.105. The number of pyridine rings is 2. The van der Waals surface area contributed by atoms with Crippen molar-refractivity contribution in [1.82, 2.24) is 30.2 Å². The average Bonchev–Trinajstić information content (AvgIpc) is 1.64. The lowest BCUT2D eigenvalue weighted by Gasteiger charge is -2.32. The number of hydrogen-bond acceptors (Lipinski definition) is 17. The molecule has 144 heavy (non-hydrogen) atoms. The van der Waals surface area contributed by atoms with Gasteiger partial charge in [0.05, 0.1) is 42.3 Å². The smallest absolute Gasteiger partial charge is 0.373 e. The number of aliphatic hydroxyl groups excluding tert-OH is 1. The molecule has 24 nitrogen and oxygen atoms in total. The third-order valence-electron chi connectivity index (χ3n) is 24.2. The fourth-order valence-electron chi connectivity index (χ4n) is 14.7. The minimum atomic E-state index is -1.00. The number of ether oxygens (including phenoxy) is 3. The summed E-state index contributed by atoms with van der Waals surface area (Å²) in [5.41, 5.74) is 12.8. The predicted octanol–water partition coefficient (Wildman–Crippen LogP) is 26.3. The van der Waals surface area contributed by atoms with E-state index in [1.807, 2.05) is 166 Å². The highest BCUT2D eigenvalue weighted by Crippen LogP contribution is 2.38. The van der Waals surface area contributed by atoms with Crippen molar-refractivity contribution >= 4 is 53.7 Å². The number of aromatic amines is 1. The van der Waals surface area contributed by atoms with Gasteiger partial charge in [0.1, 0.15) is 24.0 Å². The van der Waals surface area contributed by atoms with Gasteiger partial charge in [-0.25, -0.2) is 14.6 Å². The van der Waals surface area contributed by atoms with Gasteiger partial charge in [0.2, 0.25) is 11.8 Å². The molecule has 2 amide bonds. The number of carbonyl (C=O) groups excluding carboxylic acids is 6. The van der Waals surface area contributed by atoms with Crippen molar-refractivity contribution in [3.8, 4) is 0 Å². The van der Waals surface area contributed by atoms with Crippen molar-refractivity contribution in [2.24, 2.45) is 95.5 Å². The highest BCUT2D eigenvalue weighted by Gasteiger charge is 2.51. The number of aliphatic carboxylic acids is 2. The van der Waals surface area contributed by atoms with E-state index in [9.17, 15) is 48.6 Å². The Morgan fingerprint density at radius 3 is 1.33 bits per heavy atom. The number of H-pyrrole nitrogens is 1. The standard InChI is InChI=1S/C22H33NO3.C19H29NO3.C14H22N2O4.C13H20N2.C13H21N.C13H20.C12H17NO2.C7H14O2.CO2.6CH4/c1-15(2)12-18(19(24)22(6)14-26-22)23-20(25)17(21(3,4)5)13-16-10-8-7-9-11-16;1-13(2)11-15(19(3,4)5)17(21)20-16(18(22)23)12-14-9-7-6-8-10-14;1-8-7-16(13(19)15-12(8)18)11-5-9(17)10(20-11)6-14(2,3)4;1-10(14)15-12-7-5-11(6-8-12)9-13(2,3)4;1-5-11(13(2,3)4)10-12-8-6-7-9-14-12;1-11(13(2,3)4)10-12-8-6-5-7-9-12;1-12(2,3)11(15-9-14)8-10-6-4-5-7-13-10;1-5(6(8)9)7(2,3)4;2-1-3;;;;;;/h7-11,15,17-18H,12-14H2,1-6H3,(H,23,25);6-10,13,15-16H,11-12H2,1-5H3,(H,20,21)(H,22,23);7,9-11,17H,5-6H2,1-4H3,(H,15,18,19);5-8H,9H2,1-4H3,(H2,14,15);6-9,11H,5,10H2,1-4H3;5-9,11H,10H2,1-4H3;4-7,9,11H,8H2,1-3H3;5H,1-4H3,(H,8,9);;6*1H4/t;15?,16-;;;;;;;;;;;;;/m.0............./s1. The number of nitrogens with one attached hydrogen (secondary N) is 3. The van der Waals surface area contributed by atoms with Crippen LogP contribution in [0.4, 0.5) is 5.69 Å². The van der Waals surface area contributed by atoms with Crippen LogP contribution in [0, 0.1) is 91.7 Å². The molecule has 2 fully saturated rings. The van der Waals surface area contributed by atoms with Gasteiger partial charge in [-0.3, -0.25) is 48.3 Å². The van der Waals surface area contributed by atoms with Crippen molar-refractivity contribution in [3.05, 3.63) is 230 Å². The molecule has 0 radical (unpaired) electrons. The molecule has 9 rings (SSSR count). The van der Waals surface area contributed by atoms with Gasteiger partial charge in [-0.1, -0.05) is 381 Å². The van der Waals surface area contributed by atoms with Gasteiger partial charge in [0.15, 0.2) is 5.78 Å². The molecule has 0 bridgehead atoms. The van der Waals surface area contributed by atoms with E-state index < -0.39 is 53.2 Å². The lowest BCUT2D eigenvalue weighted by Crippen LogP contribution is -2.50. The third kappa shape index (κ3) is 59.9. The number of Topliss-reactive ketones (excluding diaryl/α,β-unsaturated/α-hetero) is 1. The first kappa shape index (κ1) is 144. The number of nitrogens with zero attached hydrogens (tertiary/aromatic N) is 4. The van der Waals surface area contributed by atoms with Crippen molar-refractivity contribution in [1.29, 1.82) is 0 Å². The predicted molar refractivity (Wildman–Crippen MR) is 597 cm³/mol. The number of aromatic nitrogens is 4. The molecule has 3 aromatic heterocycles. The van der Waals surface area contributed by atoms with E-state index in [1.54, 1.807) is 33.9 Å². The largest absolute Gasteiger partial charge is 0.481 e. The Morgan fingerprint density at radius 2 is 0.979 bits per heavy atom. The fourth-order valence-corrected chi connectivity index (χ4v) is 14.7. The van der Waals surface area contributed by atoms with Crippen LogP contribution in [0.25, 0.3) is 0 Å². The second kappa shape index (κ2) is 67.4. The number of carboxylic acid groups (broad SMARTS) is 2. The number of amidine groups is 1. The molecule has 0 aliphatic carbocycles. The Hall–Kier alpha value is -10.4. The van der Waals surface area contributed by atoms with Crippen LogP contribution in [0.15, 0.2) is 185 Å². The second-order valence-electron chi connectivity index (χ2n) is 46.7. The van der Waals surface area contributed by atoms with Crippen LogP contribution in [-0.4, -0.2) is 125 Å². The number of rotatable bonds is 29. The maximum atomic E-state index is 13.1. The molecule has 11 unspecified atom stereocenters. The topological polar surface area (TPSA) is 371 Å². The van der Waals surface area contributed by atoms with Crippen molar-refractivity contribution < 1.29 is 67.9 Å². The van der Waals surface area contributed by atoms with Gasteiger partial charge in [-0.05, 0) is 191 Å². The van der Waals surface area contributed by atoms with Gasteiger partial charge in [0.25, 0.3) is 12.0 Å². The summed E-state index contributed by atoms with van der Waals surface area (Å²) in [6.07, 6.45) is 12.4. The van der Waals surface area contributed by atoms with E-state index in [0.717, 1.165) is 53.6 Å². The number of aliphatic imine (C=N–C) groups is 1.